The number of sulfonamides is 1. The van der Waals surface area contributed by atoms with Gasteiger partial charge in [-0.1, -0.05) is 0 Å². The molecular weight excluding hydrogens is 389 g/mol. The van der Waals surface area contributed by atoms with E-state index in [9.17, 15) is 26.4 Å². The Morgan fingerprint density at radius 2 is 2.00 bits per heavy atom. The lowest BCUT2D eigenvalue weighted by atomic mass is 10.2. The number of benzene rings is 1. The van der Waals surface area contributed by atoms with Crippen LogP contribution in [0.5, 0.6) is 5.75 Å². The third kappa shape index (κ3) is 6.40. The molecular formula is C15H19F3N4O4S. The first-order valence-electron chi connectivity index (χ1n) is 7.82. The number of amides is 1. The fraction of sp³-hybridized carbons (Fsp3) is 0.467. The quantitative estimate of drug-likeness (QED) is 0.728. The highest BCUT2D eigenvalue weighted by Crippen LogP contribution is 2.29. The molecule has 2 N–H and O–H groups in total. The van der Waals surface area contributed by atoms with E-state index in [1.54, 1.807) is 19.9 Å². The maximum Gasteiger partial charge on any atom is 0.408 e. The number of alkyl halides is 3. The van der Waals surface area contributed by atoms with Gasteiger partial charge in [-0.05, 0) is 26.0 Å². The van der Waals surface area contributed by atoms with E-state index in [1.807, 2.05) is 4.72 Å². The SMILES string of the molecule is CC(C)Oc1ccc2c(NC(=O)CNS(C)(=O)=O)nn(CC(F)(F)F)c2c1. The van der Waals surface area contributed by atoms with Crippen LogP contribution in [0, 0.1) is 0 Å². The van der Waals surface area contributed by atoms with Crippen LogP contribution in [-0.2, 0) is 21.4 Å². The molecule has 1 heterocycles. The Morgan fingerprint density at radius 1 is 1.33 bits per heavy atom. The van der Waals surface area contributed by atoms with Crippen molar-refractivity contribution in [1.29, 1.82) is 0 Å². The number of hydrogen-bond acceptors (Lipinski definition) is 5. The summed E-state index contributed by atoms with van der Waals surface area (Å²) in [4.78, 5) is 11.9. The van der Waals surface area contributed by atoms with Gasteiger partial charge in [0.2, 0.25) is 15.9 Å². The number of hydrogen-bond donors (Lipinski definition) is 2. The van der Waals surface area contributed by atoms with E-state index in [0.717, 1.165) is 6.26 Å². The lowest BCUT2D eigenvalue weighted by Crippen LogP contribution is -2.32. The van der Waals surface area contributed by atoms with Crippen LogP contribution in [0.3, 0.4) is 0 Å². The monoisotopic (exact) mass is 408 g/mol. The fourth-order valence-electron chi connectivity index (χ4n) is 2.25. The second-order valence-electron chi connectivity index (χ2n) is 6.11. The predicted molar refractivity (Wildman–Crippen MR) is 93.0 cm³/mol. The molecule has 0 atom stereocenters. The first kappa shape index (κ1) is 21.0. The molecule has 150 valence electrons. The van der Waals surface area contributed by atoms with Crippen molar-refractivity contribution in [3.05, 3.63) is 18.2 Å². The molecule has 0 aliphatic rings. The molecule has 2 aromatic rings. The van der Waals surface area contributed by atoms with Gasteiger partial charge in [-0.15, -0.1) is 0 Å². The Morgan fingerprint density at radius 3 is 2.56 bits per heavy atom. The van der Waals surface area contributed by atoms with Crippen LogP contribution in [0.2, 0.25) is 0 Å². The van der Waals surface area contributed by atoms with E-state index in [-0.39, 0.29) is 22.8 Å². The molecule has 0 aliphatic heterocycles. The summed E-state index contributed by atoms with van der Waals surface area (Å²) in [5, 5.41) is 6.40. The molecule has 0 radical (unpaired) electrons. The van der Waals surface area contributed by atoms with E-state index >= 15 is 0 Å². The zero-order chi connectivity index (χ0) is 20.4. The number of carbonyl (C=O) groups excluding carboxylic acids is 1. The van der Waals surface area contributed by atoms with Crippen LogP contribution in [-0.4, -0.2) is 49.2 Å². The number of carbonyl (C=O) groups is 1. The number of ether oxygens (including phenoxy) is 1. The van der Waals surface area contributed by atoms with Gasteiger partial charge >= 0.3 is 6.18 Å². The van der Waals surface area contributed by atoms with Gasteiger partial charge in [0.1, 0.15) is 12.3 Å². The van der Waals surface area contributed by atoms with E-state index in [1.165, 1.54) is 12.1 Å². The molecule has 27 heavy (non-hydrogen) atoms. The minimum absolute atomic E-state index is 0.106. The van der Waals surface area contributed by atoms with Crippen molar-refractivity contribution in [2.45, 2.75) is 32.7 Å². The third-order valence-corrected chi connectivity index (χ3v) is 3.85. The summed E-state index contributed by atoms with van der Waals surface area (Å²) >= 11 is 0. The molecule has 2 rings (SSSR count). The van der Waals surface area contributed by atoms with Gasteiger partial charge < -0.3 is 10.1 Å². The lowest BCUT2D eigenvalue weighted by molar-refractivity contribution is -0.141. The number of halogens is 3. The van der Waals surface area contributed by atoms with Gasteiger partial charge in [-0.3, -0.25) is 9.48 Å². The highest BCUT2D eigenvalue weighted by molar-refractivity contribution is 7.88. The summed E-state index contributed by atoms with van der Waals surface area (Å²) in [5.41, 5.74) is 0.122. The molecule has 0 saturated heterocycles. The molecule has 0 unspecified atom stereocenters. The molecule has 12 heteroatoms. The summed E-state index contributed by atoms with van der Waals surface area (Å²) in [6.07, 6.45) is -3.82. The van der Waals surface area contributed by atoms with Crippen molar-refractivity contribution in [3.8, 4) is 5.75 Å². The summed E-state index contributed by atoms with van der Waals surface area (Å²) in [6, 6.07) is 4.43. The van der Waals surface area contributed by atoms with Crippen LogP contribution < -0.4 is 14.8 Å². The number of nitrogens with one attached hydrogen (secondary N) is 2. The van der Waals surface area contributed by atoms with Crippen LogP contribution in [0.15, 0.2) is 18.2 Å². The maximum atomic E-state index is 12.8. The Bertz CT molecular complexity index is 938. The van der Waals surface area contributed by atoms with Crippen molar-refractivity contribution in [2.75, 3.05) is 18.1 Å². The van der Waals surface area contributed by atoms with Crippen molar-refractivity contribution in [2.24, 2.45) is 0 Å². The molecule has 0 bridgehead atoms. The van der Waals surface area contributed by atoms with Gasteiger partial charge in [0, 0.05) is 11.5 Å². The van der Waals surface area contributed by atoms with Crippen LogP contribution >= 0.6 is 0 Å². The summed E-state index contributed by atoms with van der Waals surface area (Å²) in [5.74, 6) is -0.510. The minimum atomic E-state index is -4.52. The van der Waals surface area contributed by atoms with E-state index < -0.39 is 35.2 Å². The number of nitrogens with zero attached hydrogens (tertiary/aromatic N) is 2. The zero-order valence-electron chi connectivity index (χ0n) is 14.8. The fourth-order valence-corrected chi connectivity index (χ4v) is 2.65. The largest absolute Gasteiger partial charge is 0.491 e. The van der Waals surface area contributed by atoms with Gasteiger partial charge in [0.25, 0.3) is 0 Å². The maximum absolute atomic E-state index is 12.8. The van der Waals surface area contributed by atoms with E-state index in [2.05, 4.69) is 10.4 Å². The number of anilines is 1. The number of aromatic nitrogens is 2. The topological polar surface area (TPSA) is 102 Å². The van der Waals surface area contributed by atoms with Crippen molar-refractivity contribution < 1.29 is 31.1 Å². The second-order valence-corrected chi connectivity index (χ2v) is 7.94. The standard InChI is InChI=1S/C15H19F3N4O4S/c1-9(2)26-10-4-5-11-12(6-10)22(8-15(16,17)18)21-14(11)20-13(23)7-19-27(3,24)25/h4-6,9,19H,7-8H2,1-3H3,(H,20,21,23). The molecule has 1 amide bonds. The summed E-state index contributed by atoms with van der Waals surface area (Å²) in [7, 11) is -3.59. The van der Waals surface area contributed by atoms with Crippen molar-refractivity contribution in [1.82, 2.24) is 14.5 Å². The highest BCUT2D eigenvalue weighted by atomic mass is 32.2. The third-order valence-electron chi connectivity index (χ3n) is 3.18. The van der Waals surface area contributed by atoms with Gasteiger partial charge in [-0.25, -0.2) is 13.1 Å². The Hall–Kier alpha value is -2.34. The normalized spacial score (nSPS) is 12.6. The predicted octanol–water partition coefficient (Wildman–Crippen LogP) is 1.87. The summed E-state index contributed by atoms with van der Waals surface area (Å²) < 4.78 is 68.8. The van der Waals surface area contributed by atoms with Crippen molar-refractivity contribution in [3.63, 3.8) is 0 Å². The number of fused-ring (bicyclic) bond motifs is 1. The molecule has 0 saturated carbocycles. The van der Waals surface area contributed by atoms with Gasteiger partial charge in [0.05, 0.1) is 24.4 Å². The smallest absolute Gasteiger partial charge is 0.408 e. The first-order valence-corrected chi connectivity index (χ1v) is 9.71. The Balaban J connectivity index is 2.36. The van der Waals surface area contributed by atoms with Crippen LogP contribution in [0.4, 0.5) is 19.0 Å². The second kappa shape index (κ2) is 7.72. The summed E-state index contributed by atoms with van der Waals surface area (Å²) in [6.45, 7) is 1.63. The van der Waals surface area contributed by atoms with E-state index in [0.29, 0.717) is 10.4 Å². The van der Waals surface area contributed by atoms with Gasteiger partial charge in [0.15, 0.2) is 5.82 Å². The zero-order valence-corrected chi connectivity index (χ0v) is 15.6. The van der Waals surface area contributed by atoms with Crippen molar-refractivity contribution >= 4 is 32.7 Å². The minimum Gasteiger partial charge on any atom is -0.491 e. The average molecular weight is 408 g/mol. The average Bonchev–Trinajstić information content (AvgIpc) is 2.79. The van der Waals surface area contributed by atoms with Crippen LogP contribution in [0.25, 0.3) is 10.9 Å². The molecule has 1 aromatic heterocycles. The first-order chi connectivity index (χ1) is 12.3. The Kier molecular flexibility index (Phi) is 6.00. The molecule has 0 spiro atoms. The molecule has 8 nitrogen and oxygen atoms in total. The van der Waals surface area contributed by atoms with Gasteiger partial charge in [-0.2, -0.15) is 18.3 Å². The highest BCUT2D eigenvalue weighted by Gasteiger charge is 2.30. The molecule has 1 aromatic carbocycles. The number of rotatable bonds is 7. The molecule has 0 fully saturated rings. The van der Waals surface area contributed by atoms with Crippen LogP contribution in [0.1, 0.15) is 13.8 Å². The molecule has 0 aliphatic carbocycles. The van der Waals surface area contributed by atoms with E-state index in [4.69, 9.17) is 4.74 Å². The Labute approximate surface area is 153 Å². The lowest BCUT2D eigenvalue weighted by Gasteiger charge is -2.11.